The van der Waals surface area contributed by atoms with Gasteiger partial charge in [-0.1, -0.05) is 18.2 Å². The van der Waals surface area contributed by atoms with Crippen molar-refractivity contribution >= 4 is 55.6 Å². The molecule has 4 aliphatic rings. The topological polar surface area (TPSA) is 115 Å². The van der Waals surface area contributed by atoms with Crippen molar-refractivity contribution < 1.29 is 29.0 Å². The van der Waals surface area contributed by atoms with E-state index < -0.39 is 12.2 Å². The van der Waals surface area contributed by atoms with Crippen LogP contribution in [0.3, 0.4) is 0 Å². The van der Waals surface area contributed by atoms with Gasteiger partial charge in [-0.25, -0.2) is 9.59 Å². The summed E-state index contributed by atoms with van der Waals surface area (Å²) in [6, 6.07) is 11.7. The number of carbonyl (C=O) groups is 3. The second-order valence-electron chi connectivity index (χ2n) is 12.4. The molecule has 3 saturated heterocycles. The zero-order valence-corrected chi connectivity index (χ0v) is 29.0. The number of anilines is 1. The number of phenols is 1. The van der Waals surface area contributed by atoms with Crippen LogP contribution in [0, 0.1) is 0 Å². The first-order chi connectivity index (χ1) is 22.3. The van der Waals surface area contributed by atoms with E-state index in [9.17, 15) is 19.5 Å². The number of fused-ring (bicyclic) bond motifs is 1. The van der Waals surface area contributed by atoms with Gasteiger partial charge in [-0.3, -0.25) is 9.69 Å². The zero-order valence-electron chi connectivity index (χ0n) is 25.8. The first-order valence-corrected chi connectivity index (χ1v) is 17.7. The summed E-state index contributed by atoms with van der Waals surface area (Å²) < 4.78 is 12.5. The van der Waals surface area contributed by atoms with E-state index in [-0.39, 0.29) is 30.2 Å². The van der Waals surface area contributed by atoms with Crippen LogP contribution in [0.15, 0.2) is 45.3 Å². The lowest BCUT2D eigenvalue weighted by atomic mass is 10.0. The average Bonchev–Trinajstić information content (AvgIpc) is 3.25. The lowest BCUT2D eigenvalue weighted by molar-refractivity contribution is -0.142. The van der Waals surface area contributed by atoms with Gasteiger partial charge in [0.25, 0.3) is 5.91 Å². The third-order valence-corrected chi connectivity index (χ3v) is 10.9. The van der Waals surface area contributed by atoms with E-state index in [1.165, 1.54) is 0 Å². The number of aromatic hydroxyl groups is 1. The van der Waals surface area contributed by atoms with Gasteiger partial charge in [0.2, 0.25) is 0 Å². The van der Waals surface area contributed by atoms with Crippen molar-refractivity contribution in [3.05, 3.63) is 56.5 Å². The number of hydrogen-bond donors (Lipinski definition) is 2. The Labute approximate surface area is 286 Å². The fraction of sp³-hybridized carbons (Fsp3) is 0.545. The van der Waals surface area contributed by atoms with Gasteiger partial charge in [-0.2, -0.15) is 0 Å². The van der Waals surface area contributed by atoms with E-state index in [1.54, 1.807) is 17.0 Å². The number of rotatable bonds is 6. The molecule has 4 heterocycles. The number of benzene rings is 2. The Kier molecular flexibility index (Phi) is 10.7. The Bertz CT molecular complexity index is 1400. The summed E-state index contributed by atoms with van der Waals surface area (Å²) in [5.41, 5.74) is 2.72. The van der Waals surface area contributed by atoms with E-state index in [0.29, 0.717) is 60.6 Å². The maximum atomic E-state index is 13.9. The summed E-state index contributed by atoms with van der Waals surface area (Å²) in [5.74, 6) is -0.136. The van der Waals surface area contributed by atoms with Crippen LogP contribution in [0.1, 0.15) is 36.8 Å². The maximum absolute atomic E-state index is 13.9. The summed E-state index contributed by atoms with van der Waals surface area (Å²) in [5, 5.41) is 13.3. The molecular formula is C33H41Br2N5O6. The summed E-state index contributed by atoms with van der Waals surface area (Å²) >= 11 is 6.75. The number of piperidine rings is 2. The smallest absolute Gasteiger partial charge is 0.410 e. The van der Waals surface area contributed by atoms with Crippen molar-refractivity contribution in [2.24, 2.45) is 0 Å². The van der Waals surface area contributed by atoms with E-state index in [4.69, 9.17) is 9.47 Å². The van der Waals surface area contributed by atoms with Crippen LogP contribution in [0.25, 0.3) is 0 Å². The van der Waals surface area contributed by atoms with E-state index in [1.807, 2.05) is 34.1 Å². The normalized spacial score (nSPS) is 20.9. The molecule has 0 saturated carbocycles. The molecule has 0 aromatic heterocycles. The number of phenolic OH excluding ortho intramolecular Hbond substituents is 1. The first kappa shape index (κ1) is 33.0. The maximum Gasteiger partial charge on any atom is 0.410 e. The first-order valence-electron chi connectivity index (χ1n) is 16.2. The quantitative estimate of drug-likeness (QED) is 0.433. The molecule has 4 amide bonds. The molecule has 1 atom stereocenters. The van der Waals surface area contributed by atoms with E-state index in [0.717, 1.165) is 62.4 Å². The second-order valence-corrected chi connectivity index (χ2v) is 14.1. The highest BCUT2D eigenvalue weighted by Crippen LogP contribution is 2.34. The zero-order chi connectivity index (χ0) is 32.2. The third kappa shape index (κ3) is 7.64. The van der Waals surface area contributed by atoms with Gasteiger partial charge in [0.05, 0.1) is 22.2 Å². The molecule has 11 nitrogen and oxygen atoms in total. The van der Waals surface area contributed by atoms with Gasteiger partial charge < -0.3 is 34.6 Å². The standard InChI is InChI=1S/C33H41Br2N5O6/c34-26-19-22(20-27(35)30(26)41)21-29(31(42)38-10-6-24(7-11-38)37-15-17-45-18-16-37)46-33(44)39-12-8-25(9-13-39)40-14-5-23-3-1-2-4-28(23)36-32(40)43/h1-4,19-20,24-25,29,41H,5-18,21H2,(H,36,43). The third-order valence-electron chi connectivity index (χ3n) is 9.66. The van der Waals surface area contributed by atoms with Crippen LogP contribution in [-0.2, 0) is 27.1 Å². The van der Waals surface area contributed by atoms with Crippen LogP contribution < -0.4 is 5.32 Å². The van der Waals surface area contributed by atoms with E-state index in [2.05, 4.69) is 42.1 Å². The molecule has 3 fully saturated rings. The molecule has 4 aliphatic heterocycles. The number of hydrogen-bond acceptors (Lipinski definition) is 7. The van der Waals surface area contributed by atoms with Gasteiger partial charge in [0.1, 0.15) is 5.75 Å². The van der Waals surface area contributed by atoms with Crippen molar-refractivity contribution in [2.45, 2.75) is 56.7 Å². The van der Waals surface area contributed by atoms with Gasteiger partial charge in [0, 0.05) is 70.0 Å². The predicted molar refractivity (Wildman–Crippen MR) is 180 cm³/mol. The highest BCUT2D eigenvalue weighted by Gasteiger charge is 2.36. The molecular weight excluding hydrogens is 722 g/mol. The van der Waals surface area contributed by atoms with Crippen molar-refractivity contribution in [2.75, 3.05) is 64.3 Å². The Morgan fingerprint density at radius 1 is 0.913 bits per heavy atom. The fourth-order valence-corrected chi connectivity index (χ4v) is 8.30. The molecule has 2 aromatic rings. The lowest BCUT2D eigenvalue weighted by Gasteiger charge is -2.41. The van der Waals surface area contributed by atoms with Crippen molar-refractivity contribution in [1.29, 1.82) is 0 Å². The highest BCUT2D eigenvalue weighted by molar-refractivity contribution is 9.11. The molecule has 13 heteroatoms. The van der Waals surface area contributed by atoms with Crippen LogP contribution in [0.5, 0.6) is 5.75 Å². The molecule has 248 valence electrons. The minimum absolute atomic E-state index is 0.00949. The summed E-state index contributed by atoms with van der Waals surface area (Å²) in [4.78, 5) is 48.3. The number of nitrogens with one attached hydrogen (secondary N) is 1. The Balaban J connectivity index is 1.09. The molecule has 0 spiro atoms. The highest BCUT2D eigenvalue weighted by atomic mass is 79.9. The van der Waals surface area contributed by atoms with Gasteiger partial charge in [-0.15, -0.1) is 0 Å². The Hall–Kier alpha value is -2.87. The predicted octanol–water partition coefficient (Wildman–Crippen LogP) is 4.84. The Morgan fingerprint density at radius 3 is 2.24 bits per heavy atom. The number of amides is 4. The summed E-state index contributed by atoms with van der Waals surface area (Å²) in [6.07, 6.45) is 2.41. The molecule has 2 aromatic carbocycles. The summed E-state index contributed by atoms with van der Waals surface area (Å²) in [7, 11) is 0. The number of nitrogens with zero attached hydrogens (tertiary/aromatic N) is 4. The number of likely N-dealkylation sites (tertiary alicyclic amines) is 2. The second kappa shape index (κ2) is 14.9. The minimum atomic E-state index is -1.01. The number of ether oxygens (including phenoxy) is 2. The number of carbonyl (C=O) groups excluding carboxylic acids is 3. The largest absolute Gasteiger partial charge is 0.506 e. The average molecular weight is 764 g/mol. The number of para-hydroxylation sites is 1. The van der Waals surface area contributed by atoms with Crippen molar-refractivity contribution in [1.82, 2.24) is 19.6 Å². The molecule has 1 unspecified atom stereocenters. The monoisotopic (exact) mass is 761 g/mol. The van der Waals surface area contributed by atoms with Crippen LogP contribution in [0.4, 0.5) is 15.3 Å². The van der Waals surface area contributed by atoms with Crippen molar-refractivity contribution in [3.63, 3.8) is 0 Å². The number of halogens is 2. The molecule has 2 N–H and O–H groups in total. The van der Waals surface area contributed by atoms with Gasteiger partial charge in [-0.05, 0) is 93.3 Å². The van der Waals surface area contributed by atoms with Gasteiger partial charge in [0.15, 0.2) is 6.10 Å². The SMILES string of the molecule is O=C(OC(Cc1cc(Br)c(O)c(Br)c1)C(=O)N1CCC(N2CCOCC2)CC1)N1CCC(N2CCc3ccccc3NC2=O)CC1. The molecule has 0 bridgehead atoms. The Morgan fingerprint density at radius 2 is 1.54 bits per heavy atom. The fourth-order valence-electron chi connectivity index (χ4n) is 7.02. The van der Waals surface area contributed by atoms with Crippen LogP contribution >= 0.6 is 31.9 Å². The molecule has 6 rings (SSSR count). The number of urea groups is 1. The van der Waals surface area contributed by atoms with Crippen LogP contribution in [-0.4, -0.2) is 120 Å². The molecule has 0 aliphatic carbocycles. The van der Waals surface area contributed by atoms with Crippen molar-refractivity contribution in [3.8, 4) is 5.75 Å². The van der Waals surface area contributed by atoms with Gasteiger partial charge >= 0.3 is 12.1 Å². The van der Waals surface area contributed by atoms with E-state index >= 15 is 0 Å². The molecule has 46 heavy (non-hydrogen) atoms. The minimum Gasteiger partial charge on any atom is -0.506 e. The molecule has 0 radical (unpaired) electrons. The summed E-state index contributed by atoms with van der Waals surface area (Å²) in [6.45, 7) is 6.00. The number of morpholine rings is 1. The lowest BCUT2D eigenvalue weighted by Crippen LogP contribution is -2.53. The van der Waals surface area contributed by atoms with Crippen LogP contribution in [0.2, 0.25) is 0 Å².